The molecule has 10 heteroatoms. The molecule has 2 rings (SSSR count). The summed E-state index contributed by atoms with van der Waals surface area (Å²) in [4.78, 5) is 25.4. The molecule has 118 valence electrons. The Hall–Kier alpha value is -2.23. The van der Waals surface area contributed by atoms with E-state index >= 15 is 0 Å². The van der Waals surface area contributed by atoms with Crippen molar-refractivity contribution in [3.05, 3.63) is 33.5 Å². The molecule has 0 bridgehead atoms. The first-order valence-corrected chi connectivity index (χ1v) is 6.91. The van der Waals surface area contributed by atoms with Gasteiger partial charge < -0.3 is 10.3 Å². The number of hydrogen-bond donors (Lipinski definition) is 2. The molecular formula is C12H11F3N4O2S. The van der Waals surface area contributed by atoms with Crippen molar-refractivity contribution in [3.63, 3.8) is 0 Å². The van der Waals surface area contributed by atoms with Gasteiger partial charge in [-0.15, -0.1) is 21.5 Å². The van der Waals surface area contributed by atoms with E-state index in [9.17, 15) is 22.8 Å². The van der Waals surface area contributed by atoms with Gasteiger partial charge in [0.15, 0.2) is 5.82 Å². The van der Waals surface area contributed by atoms with Crippen LogP contribution in [0.1, 0.15) is 44.0 Å². The van der Waals surface area contributed by atoms with Crippen molar-refractivity contribution >= 4 is 23.0 Å². The van der Waals surface area contributed by atoms with Crippen molar-refractivity contribution in [3.8, 4) is 0 Å². The fraction of sp³-hybridized carbons (Fsp3) is 0.333. The summed E-state index contributed by atoms with van der Waals surface area (Å²) in [6, 6.07) is 1.66. The van der Waals surface area contributed by atoms with Gasteiger partial charge in [-0.3, -0.25) is 9.59 Å². The van der Waals surface area contributed by atoms with E-state index in [0.717, 1.165) is 6.07 Å². The van der Waals surface area contributed by atoms with Gasteiger partial charge in [0.05, 0.1) is 15.8 Å². The fourth-order valence-corrected chi connectivity index (χ4v) is 2.49. The number of carbonyl (C=O) groups is 2. The molecule has 0 aliphatic carbocycles. The quantitative estimate of drug-likeness (QED) is 0.842. The smallest absolute Gasteiger partial charge is 0.342 e. The minimum absolute atomic E-state index is 0.00990. The van der Waals surface area contributed by atoms with Gasteiger partial charge in [-0.25, -0.2) is 0 Å². The predicted octanol–water partition coefficient (Wildman–Crippen LogP) is 2.41. The Morgan fingerprint density at radius 1 is 1.27 bits per heavy atom. The second-order valence-electron chi connectivity index (χ2n) is 4.48. The summed E-state index contributed by atoms with van der Waals surface area (Å²) in [6.45, 7) is 3.34. The minimum Gasteiger partial charge on any atom is -0.342 e. The predicted molar refractivity (Wildman–Crippen MR) is 71.7 cm³/mol. The first kappa shape index (κ1) is 16.1. The van der Waals surface area contributed by atoms with Crippen LogP contribution < -0.4 is 5.32 Å². The number of halogens is 3. The molecule has 2 aromatic heterocycles. The first-order valence-electron chi connectivity index (χ1n) is 6.10. The molecule has 0 saturated carbocycles. The van der Waals surface area contributed by atoms with Crippen LogP contribution in [0, 0.1) is 6.92 Å². The average molecular weight is 332 g/mol. The summed E-state index contributed by atoms with van der Waals surface area (Å²) >= 11 is 0.491. The van der Waals surface area contributed by atoms with Crippen molar-refractivity contribution in [2.45, 2.75) is 26.1 Å². The second-order valence-corrected chi connectivity index (χ2v) is 5.57. The van der Waals surface area contributed by atoms with E-state index in [0.29, 0.717) is 23.0 Å². The molecule has 0 aliphatic heterocycles. The molecule has 0 radical (unpaired) electrons. The third kappa shape index (κ3) is 3.50. The third-order valence-electron chi connectivity index (χ3n) is 2.69. The summed E-state index contributed by atoms with van der Waals surface area (Å²) in [6.07, 6.45) is -4.96. The zero-order valence-electron chi connectivity index (χ0n) is 11.5. The van der Waals surface area contributed by atoms with E-state index in [1.807, 2.05) is 0 Å². The highest BCUT2D eigenvalue weighted by molar-refractivity contribution is 7.16. The van der Waals surface area contributed by atoms with Crippen molar-refractivity contribution in [2.24, 2.45) is 0 Å². The largest absolute Gasteiger partial charge is 0.455 e. The van der Waals surface area contributed by atoms with Gasteiger partial charge in [-0.05, 0) is 26.0 Å². The summed E-state index contributed by atoms with van der Waals surface area (Å²) in [5.74, 6) is -1.55. The molecule has 1 unspecified atom stereocenters. The number of ketones is 1. The van der Waals surface area contributed by atoms with E-state index in [4.69, 9.17) is 0 Å². The van der Waals surface area contributed by atoms with Gasteiger partial charge >= 0.3 is 6.18 Å². The van der Waals surface area contributed by atoms with Gasteiger partial charge in [0, 0.05) is 0 Å². The van der Waals surface area contributed by atoms with Crippen molar-refractivity contribution < 1.29 is 22.8 Å². The van der Waals surface area contributed by atoms with E-state index in [1.54, 1.807) is 13.8 Å². The maximum Gasteiger partial charge on any atom is 0.455 e. The van der Waals surface area contributed by atoms with Crippen molar-refractivity contribution in [1.82, 2.24) is 20.5 Å². The number of thiophene rings is 1. The molecule has 0 fully saturated rings. The number of aromatic amines is 1. The number of aryl methyl sites for hydroxylation is 1. The van der Waals surface area contributed by atoms with E-state index in [2.05, 4.69) is 20.5 Å². The summed E-state index contributed by atoms with van der Waals surface area (Å²) in [5.41, 5.74) is 0. The number of Topliss-reactive ketones (excluding diaryl/α,β-unsaturated/α-hetero) is 1. The van der Waals surface area contributed by atoms with Crippen molar-refractivity contribution in [2.75, 3.05) is 0 Å². The molecule has 6 nitrogen and oxygen atoms in total. The third-order valence-corrected chi connectivity index (χ3v) is 3.77. The molecule has 22 heavy (non-hydrogen) atoms. The molecule has 2 aromatic rings. The van der Waals surface area contributed by atoms with Crippen LogP contribution in [0.3, 0.4) is 0 Å². The lowest BCUT2D eigenvalue weighted by Gasteiger charge is -2.09. The molecule has 0 saturated heterocycles. The van der Waals surface area contributed by atoms with Crippen LogP contribution in [0.15, 0.2) is 12.1 Å². The van der Waals surface area contributed by atoms with E-state index in [-0.39, 0.29) is 4.88 Å². The lowest BCUT2D eigenvalue weighted by molar-refractivity contribution is -0.0882. The van der Waals surface area contributed by atoms with Crippen LogP contribution in [0.2, 0.25) is 0 Å². The van der Waals surface area contributed by atoms with Crippen LogP contribution in [0.25, 0.3) is 0 Å². The van der Waals surface area contributed by atoms with Crippen molar-refractivity contribution in [1.29, 1.82) is 0 Å². The molecule has 2 heterocycles. The summed E-state index contributed by atoms with van der Waals surface area (Å²) in [5, 5.41) is 10.1. The monoisotopic (exact) mass is 332 g/mol. The Balaban J connectivity index is 2.08. The fourth-order valence-electron chi connectivity index (χ4n) is 1.62. The normalized spacial score (nSPS) is 13.0. The Kier molecular flexibility index (Phi) is 4.31. The lowest BCUT2D eigenvalue weighted by Crippen LogP contribution is -2.26. The highest BCUT2D eigenvalue weighted by atomic mass is 32.1. The highest BCUT2D eigenvalue weighted by Crippen LogP contribution is 2.26. The van der Waals surface area contributed by atoms with Crippen LogP contribution >= 0.6 is 11.3 Å². The number of hydrogen-bond acceptors (Lipinski definition) is 5. The van der Waals surface area contributed by atoms with Crippen LogP contribution in [0.4, 0.5) is 13.2 Å². The zero-order valence-corrected chi connectivity index (χ0v) is 12.3. The van der Waals surface area contributed by atoms with E-state index in [1.165, 1.54) is 6.07 Å². The number of nitrogens with zero attached hydrogens (tertiary/aromatic N) is 2. The van der Waals surface area contributed by atoms with Gasteiger partial charge in [-0.2, -0.15) is 13.2 Å². The molecule has 0 aromatic carbocycles. The Labute approximate surface area is 126 Å². The Morgan fingerprint density at radius 2 is 1.91 bits per heavy atom. The average Bonchev–Trinajstić information content (AvgIpc) is 3.05. The lowest BCUT2D eigenvalue weighted by atomic mass is 10.3. The van der Waals surface area contributed by atoms with Crippen LogP contribution in [-0.4, -0.2) is 33.0 Å². The summed E-state index contributed by atoms with van der Waals surface area (Å²) in [7, 11) is 0. The van der Waals surface area contributed by atoms with Gasteiger partial charge in [0.2, 0.25) is 0 Å². The maximum absolute atomic E-state index is 12.3. The summed E-state index contributed by atoms with van der Waals surface area (Å²) < 4.78 is 36.9. The molecule has 1 amide bonds. The van der Waals surface area contributed by atoms with Gasteiger partial charge in [0.25, 0.3) is 11.7 Å². The number of rotatable bonds is 4. The van der Waals surface area contributed by atoms with Gasteiger partial charge in [0.1, 0.15) is 5.82 Å². The number of amides is 1. The van der Waals surface area contributed by atoms with Gasteiger partial charge in [-0.1, -0.05) is 0 Å². The number of H-pyrrole nitrogens is 1. The topological polar surface area (TPSA) is 87.7 Å². The molecule has 0 spiro atoms. The number of carbonyl (C=O) groups excluding carboxylic acids is 2. The zero-order chi connectivity index (χ0) is 16.5. The highest BCUT2D eigenvalue weighted by Gasteiger charge is 2.40. The van der Waals surface area contributed by atoms with Crippen LogP contribution in [-0.2, 0) is 0 Å². The second kappa shape index (κ2) is 5.87. The molecule has 0 aliphatic rings. The molecular weight excluding hydrogens is 321 g/mol. The molecule has 1 atom stereocenters. The molecule has 2 N–H and O–H groups in total. The maximum atomic E-state index is 12.3. The first-order chi connectivity index (χ1) is 10.2. The number of aromatic nitrogens is 3. The van der Waals surface area contributed by atoms with Crippen LogP contribution in [0.5, 0.6) is 0 Å². The number of nitrogens with one attached hydrogen (secondary N) is 2. The Bertz CT molecular complexity index is 707. The number of alkyl halides is 3. The minimum atomic E-state index is -4.96. The standard InChI is InChI=1S/C12H11F3N4O2S/c1-5(10-17-6(2)18-19-10)16-11(21)8-4-3-7(22-8)9(20)12(13,14)15/h3-5H,1-2H3,(H,16,21)(H,17,18,19). The van der Waals surface area contributed by atoms with E-state index < -0.39 is 28.8 Å². The SMILES string of the molecule is Cc1nnc(C(C)NC(=O)c2ccc(C(=O)C(F)(F)F)s2)[nH]1. The Morgan fingerprint density at radius 3 is 2.45 bits per heavy atom.